The molecule has 0 radical (unpaired) electrons. The second-order valence-corrected chi connectivity index (χ2v) is 7.65. The van der Waals surface area contributed by atoms with Gasteiger partial charge in [-0.05, 0) is 30.9 Å². The third kappa shape index (κ3) is 6.78. The quantitative estimate of drug-likeness (QED) is 0.693. The normalized spacial score (nSPS) is 23.0. The summed E-state index contributed by atoms with van der Waals surface area (Å²) in [4.78, 5) is 0.894. The second kappa shape index (κ2) is 10.2. The minimum absolute atomic E-state index is 0.837. The number of hydrogen-bond donors (Lipinski definition) is 0. The van der Waals surface area contributed by atoms with Crippen molar-refractivity contribution in [1.29, 1.82) is 0 Å². The van der Waals surface area contributed by atoms with Crippen LogP contribution >= 0.6 is 0 Å². The molecule has 0 bridgehead atoms. The maximum absolute atomic E-state index is 10.9. The van der Waals surface area contributed by atoms with Gasteiger partial charge in [-0.3, -0.25) is 4.21 Å². The minimum atomic E-state index is -0.837. The average Bonchev–Trinajstić information content (AvgIpc) is 2.49. The Hall–Kier alpha value is -0.630. The van der Waals surface area contributed by atoms with Gasteiger partial charge in [0.25, 0.3) is 0 Å². The highest BCUT2D eigenvalue weighted by atomic mass is 32.2. The van der Waals surface area contributed by atoms with Crippen LogP contribution in [-0.4, -0.2) is 10.5 Å². The summed E-state index contributed by atoms with van der Waals surface area (Å²) in [7, 11) is -0.837. The molecular weight excluding hydrogens is 276 g/mol. The van der Waals surface area contributed by atoms with Gasteiger partial charge >= 0.3 is 0 Å². The van der Waals surface area contributed by atoms with Gasteiger partial charge < -0.3 is 0 Å². The van der Waals surface area contributed by atoms with E-state index in [2.05, 4.69) is 13.8 Å². The van der Waals surface area contributed by atoms with Crippen molar-refractivity contribution in [3.8, 4) is 0 Å². The highest BCUT2D eigenvalue weighted by Crippen LogP contribution is 2.34. The van der Waals surface area contributed by atoms with E-state index in [1.165, 1.54) is 50.5 Å². The molecule has 0 aliphatic heterocycles. The van der Waals surface area contributed by atoms with E-state index >= 15 is 0 Å². The summed E-state index contributed by atoms with van der Waals surface area (Å²) in [6.45, 7) is 6.70. The van der Waals surface area contributed by atoms with E-state index in [1.54, 1.807) is 6.26 Å². The maximum Gasteiger partial charge on any atom is 0.0498 e. The smallest absolute Gasteiger partial charge is 0.0498 e. The third-order valence-electron chi connectivity index (χ3n) is 4.60. The zero-order valence-electron chi connectivity index (χ0n) is 14.2. The van der Waals surface area contributed by atoms with Crippen molar-refractivity contribution in [2.24, 2.45) is 11.8 Å². The zero-order valence-corrected chi connectivity index (χ0v) is 15.0. The third-order valence-corrected chi connectivity index (χ3v) is 5.54. The summed E-state index contributed by atoms with van der Waals surface area (Å²) < 4.78 is 10.9. The van der Waals surface area contributed by atoms with E-state index in [4.69, 9.17) is 0 Å². The lowest BCUT2D eigenvalue weighted by molar-refractivity contribution is 0.216. The van der Waals surface area contributed by atoms with Crippen molar-refractivity contribution in [2.45, 2.75) is 70.6 Å². The predicted molar refractivity (Wildman–Crippen MR) is 94.2 cm³/mol. The molecule has 1 aliphatic rings. The van der Waals surface area contributed by atoms with Crippen LogP contribution in [0.5, 0.6) is 0 Å². The maximum atomic E-state index is 10.9. The molecule has 0 N–H and O–H groups in total. The number of benzene rings is 1. The van der Waals surface area contributed by atoms with Crippen LogP contribution < -0.4 is 0 Å². The highest BCUT2D eigenvalue weighted by Gasteiger charge is 2.22. The fourth-order valence-electron chi connectivity index (χ4n) is 3.30. The van der Waals surface area contributed by atoms with Gasteiger partial charge in [-0.2, -0.15) is 0 Å². The monoisotopic (exact) mass is 308 g/mol. The van der Waals surface area contributed by atoms with Crippen LogP contribution in [0, 0.1) is 18.8 Å². The molecule has 1 saturated carbocycles. The number of rotatable bonds is 4. The molecule has 1 fully saturated rings. The van der Waals surface area contributed by atoms with Crippen LogP contribution in [0.4, 0.5) is 0 Å². The summed E-state index contributed by atoms with van der Waals surface area (Å²) in [5.41, 5.74) is 1.20. The van der Waals surface area contributed by atoms with Crippen LogP contribution in [0.2, 0.25) is 0 Å². The molecule has 0 saturated heterocycles. The van der Waals surface area contributed by atoms with Crippen molar-refractivity contribution < 1.29 is 4.21 Å². The molecule has 2 rings (SSSR count). The van der Waals surface area contributed by atoms with Gasteiger partial charge in [0, 0.05) is 22.0 Å². The molecule has 3 atom stereocenters. The van der Waals surface area contributed by atoms with Gasteiger partial charge in [-0.15, -0.1) is 0 Å². The highest BCUT2D eigenvalue weighted by molar-refractivity contribution is 7.84. The number of aryl methyl sites for hydroxylation is 1. The lowest BCUT2D eigenvalue weighted by Crippen LogP contribution is -2.18. The molecule has 3 unspecified atom stereocenters. The summed E-state index contributed by atoms with van der Waals surface area (Å²) in [6.07, 6.45) is 12.0. The van der Waals surface area contributed by atoms with Crippen LogP contribution in [0.1, 0.15) is 64.4 Å². The first-order valence-corrected chi connectivity index (χ1v) is 10.0. The van der Waals surface area contributed by atoms with E-state index in [0.717, 1.165) is 16.7 Å². The van der Waals surface area contributed by atoms with Crippen molar-refractivity contribution in [2.75, 3.05) is 6.26 Å². The Morgan fingerprint density at radius 3 is 2.10 bits per heavy atom. The Kier molecular flexibility index (Phi) is 8.91. The Balaban J connectivity index is 0.000000211. The zero-order chi connectivity index (χ0) is 15.7. The Labute approximate surface area is 134 Å². The molecular formula is C19H32OS. The van der Waals surface area contributed by atoms with Crippen molar-refractivity contribution in [3.05, 3.63) is 29.8 Å². The van der Waals surface area contributed by atoms with E-state index in [0.29, 0.717) is 0 Å². The summed E-state index contributed by atoms with van der Waals surface area (Å²) >= 11 is 0. The SMILES string of the molecule is CCCC1CCCCC1CC.Cc1ccc(S(C)=O)cc1. The molecule has 1 aromatic carbocycles. The van der Waals surface area contributed by atoms with Crippen molar-refractivity contribution >= 4 is 10.8 Å². The number of hydrogen-bond acceptors (Lipinski definition) is 1. The molecule has 120 valence electrons. The van der Waals surface area contributed by atoms with Crippen molar-refractivity contribution in [1.82, 2.24) is 0 Å². The van der Waals surface area contributed by atoms with Gasteiger partial charge in [-0.1, -0.05) is 76.5 Å². The molecule has 1 aromatic rings. The fraction of sp³-hybridized carbons (Fsp3) is 0.684. The largest absolute Gasteiger partial charge is 0.255 e. The Morgan fingerprint density at radius 2 is 1.62 bits per heavy atom. The molecule has 2 heteroatoms. The Morgan fingerprint density at radius 1 is 1.05 bits per heavy atom. The average molecular weight is 309 g/mol. The fourth-order valence-corrected chi connectivity index (χ4v) is 3.82. The van der Waals surface area contributed by atoms with Gasteiger partial charge in [0.15, 0.2) is 0 Å². The standard InChI is InChI=1S/C11H22.C8H10OS/c1-3-7-11-9-6-5-8-10(11)4-2;1-7-3-5-8(6-4-7)10(2)9/h10-11H,3-9H2,1-2H3;3-6H,1-2H3. The molecule has 0 amide bonds. The van der Waals surface area contributed by atoms with Gasteiger partial charge in [0.1, 0.15) is 0 Å². The van der Waals surface area contributed by atoms with E-state index < -0.39 is 10.8 Å². The molecule has 0 aromatic heterocycles. The van der Waals surface area contributed by atoms with Gasteiger partial charge in [0.05, 0.1) is 0 Å². The second-order valence-electron chi connectivity index (χ2n) is 6.27. The topological polar surface area (TPSA) is 17.1 Å². The first-order valence-electron chi connectivity index (χ1n) is 8.48. The lowest BCUT2D eigenvalue weighted by Gasteiger charge is -2.30. The summed E-state index contributed by atoms with van der Waals surface area (Å²) in [6, 6.07) is 7.73. The molecule has 0 heterocycles. The molecule has 21 heavy (non-hydrogen) atoms. The van der Waals surface area contributed by atoms with Crippen LogP contribution in [0.3, 0.4) is 0 Å². The first-order chi connectivity index (χ1) is 10.1. The van der Waals surface area contributed by atoms with Crippen LogP contribution in [-0.2, 0) is 10.8 Å². The van der Waals surface area contributed by atoms with Gasteiger partial charge in [-0.25, -0.2) is 0 Å². The summed E-state index contributed by atoms with van der Waals surface area (Å²) in [5, 5.41) is 0. The van der Waals surface area contributed by atoms with Crippen molar-refractivity contribution in [3.63, 3.8) is 0 Å². The van der Waals surface area contributed by atoms with Crippen LogP contribution in [0.15, 0.2) is 29.2 Å². The van der Waals surface area contributed by atoms with Gasteiger partial charge in [0.2, 0.25) is 0 Å². The molecule has 0 spiro atoms. The first kappa shape index (κ1) is 18.4. The van der Waals surface area contributed by atoms with Crippen LogP contribution in [0.25, 0.3) is 0 Å². The minimum Gasteiger partial charge on any atom is -0.255 e. The molecule has 1 nitrogen and oxygen atoms in total. The van der Waals surface area contributed by atoms with E-state index in [-0.39, 0.29) is 0 Å². The van der Waals surface area contributed by atoms with E-state index in [9.17, 15) is 4.21 Å². The molecule has 1 aliphatic carbocycles. The Bertz CT molecular complexity index is 408. The predicted octanol–water partition coefficient (Wildman–Crippen LogP) is 5.74. The lowest BCUT2D eigenvalue weighted by atomic mass is 9.76. The van der Waals surface area contributed by atoms with E-state index in [1.807, 2.05) is 31.2 Å². The summed E-state index contributed by atoms with van der Waals surface area (Å²) in [5.74, 6) is 2.16.